The molecule has 1 aromatic heterocycles. The van der Waals surface area contributed by atoms with Crippen molar-refractivity contribution in [3.05, 3.63) is 39.8 Å². The highest BCUT2D eigenvalue weighted by molar-refractivity contribution is 9.10. The van der Waals surface area contributed by atoms with Crippen LogP contribution in [0.15, 0.2) is 22.8 Å². The summed E-state index contributed by atoms with van der Waals surface area (Å²) in [6.45, 7) is 4.28. The van der Waals surface area contributed by atoms with E-state index in [-0.39, 0.29) is 6.61 Å². The van der Waals surface area contributed by atoms with E-state index in [9.17, 15) is 0 Å². The maximum Gasteiger partial charge on any atom is 0.112 e. The predicted molar refractivity (Wildman–Crippen MR) is 76.6 cm³/mol. The zero-order valence-electron chi connectivity index (χ0n) is 10.9. The van der Waals surface area contributed by atoms with Crippen LogP contribution < -0.4 is 0 Å². The number of halogens is 1. The molecule has 0 saturated carbocycles. The van der Waals surface area contributed by atoms with Gasteiger partial charge in [-0.1, -0.05) is 17.7 Å². The Morgan fingerprint density at radius 1 is 1.33 bits per heavy atom. The number of imidazole rings is 1. The third-order valence-corrected chi connectivity index (χ3v) is 4.01. The van der Waals surface area contributed by atoms with Gasteiger partial charge in [-0.05, 0) is 41.4 Å². The van der Waals surface area contributed by atoms with Gasteiger partial charge in [-0.3, -0.25) is 0 Å². The minimum absolute atomic E-state index is 0.115. The molecule has 0 aliphatic rings. The molecule has 18 heavy (non-hydrogen) atoms. The minimum atomic E-state index is 0.115. The van der Waals surface area contributed by atoms with Crippen molar-refractivity contribution in [3.8, 4) is 11.3 Å². The topological polar surface area (TPSA) is 38.1 Å². The first-order valence-electron chi connectivity index (χ1n) is 5.94. The summed E-state index contributed by atoms with van der Waals surface area (Å²) >= 11 is 3.59. The fourth-order valence-corrected chi connectivity index (χ4v) is 2.52. The number of hydrogen-bond donors (Lipinski definition) is 1. The Morgan fingerprint density at radius 2 is 2.06 bits per heavy atom. The molecule has 0 aliphatic heterocycles. The van der Waals surface area contributed by atoms with Gasteiger partial charge >= 0.3 is 0 Å². The summed E-state index contributed by atoms with van der Waals surface area (Å²) in [4.78, 5) is 4.63. The number of aliphatic hydroxyl groups is 1. The van der Waals surface area contributed by atoms with Gasteiger partial charge in [0.25, 0.3) is 0 Å². The van der Waals surface area contributed by atoms with E-state index >= 15 is 0 Å². The Labute approximate surface area is 116 Å². The molecular weight excluding hydrogens is 292 g/mol. The van der Waals surface area contributed by atoms with Gasteiger partial charge in [0, 0.05) is 19.0 Å². The van der Waals surface area contributed by atoms with E-state index in [1.807, 2.05) is 11.6 Å². The van der Waals surface area contributed by atoms with Gasteiger partial charge in [-0.15, -0.1) is 0 Å². The Morgan fingerprint density at radius 3 is 2.72 bits per heavy atom. The van der Waals surface area contributed by atoms with Crippen LogP contribution in [-0.4, -0.2) is 21.3 Å². The van der Waals surface area contributed by atoms with Crippen molar-refractivity contribution in [3.63, 3.8) is 0 Å². The standard InChI is InChI=1S/C14H17BrN2O/c1-9-4-5-10(2)11(8-9)13-14(15)17(3)12(16-13)6-7-18/h4-5,8,18H,6-7H2,1-3H3. The average Bonchev–Trinajstić information content (AvgIpc) is 2.61. The molecule has 0 radical (unpaired) electrons. The van der Waals surface area contributed by atoms with E-state index in [1.54, 1.807) is 0 Å². The quantitative estimate of drug-likeness (QED) is 0.946. The molecule has 2 rings (SSSR count). The van der Waals surface area contributed by atoms with Gasteiger partial charge < -0.3 is 9.67 Å². The maximum atomic E-state index is 9.04. The lowest BCUT2D eigenvalue weighted by Crippen LogP contribution is -2.00. The molecule has 0 atom stereocenters. The molecule has 0 unspecified atom stereocenters. The summed E-state index contributed by atoms with van der Waals surface area (Å²) in [5.74, 6) is 0.889. The van der Waals surface area contributed by atoms with E-state index in [4.69, 9.17) is 5.11 Å². The third-order valence-electron chi connectivity index (χ3n) is 3.10. The summed E-state index contributed by atoms with van der Waals surface area (Å²) in [6.07, 6.45) is 0.569. The van der Waals surface area contributed by atoms with Crippen molar-refractivity contribution in [2.75, 3.05) is 6.61 Å². The average molecular weight is 309 g/mol. The molecule has 0 amide bonds. The second-order valence-electron chi connectivity index (χ2n) is 4.52. The monoisotopic (exact) mass is 308 g/mol. The first kappa shape index (κ1) is 13.3. The second-order valence-corrected chi connectivity index (χ2v) is 5.27. The van der Waals surface area contributed by atoms with Crippen LogP contribution in [0.2, 0.25) is 0 Å². The van der Waals surface area contributed by atoms with E-state index < -0.39 is 0 Å². The molecule has 0 bridgehead atoms. The normalized spacial score (nSPS) is 10.9. The lowest BCUT2D eigenvalue weighted by Gasteiger charge is -2.05. The van der Waals surface area contributed by atoms with E-state index in [0.29, 0.717) is 6.42 Å². The van der Waals surface area contributed by atoms with Gasteiger partial charge in [0.05, 0.1) is 6.61 Å². The van der Waals surface area contributed by atoms with Crippen LogP contribution >= 0.6 is 15.9 Å². The van der Waals surface area contributed by atoms with Gasteiger partial charge in [-0.25, -0.2) is 4.98 Å². The molecule has 1 N–H and O–H groups in total. The molecule has 1 aromatic carbocycles. The number of aryl methyl sites for hydroxylation is 2. The molecule has 0 saturated heterocycles. The van der Waals surface area contributed by atoms with Gasteiger partial charge in [0.15, 0.2) is 0 Å². The third kappa shape index (κ3) is 2.35. The number of nitrogens with zero attached hydrogens (tertiary/aromatic N) is 2. The minimum Gasteiger partial charge on any atom is -0.396 e. The molecule has 0 aliphatic carbocycles. The fourth-order valence-electron chi connectivity index (χ4n) is 2.01. The fraction of sp³-hybridized carbons (Fsp3) is 0.357. The molecule has 3 nitrogen and oxygen atoms in total. The second kappa shape index (κ2) is 5.24. The van der Waals surface area contributed by atoms with Crippen molar-refractivity contribution >= 4 is 15.9 Å². The van der Waals surface area contributed by atoms with Crippen LogP contribution in [0.5, 0.6) is 0 Å². The van der Waals surface area contributed by atoms with Crippen molar-refractivity contribution in [1.29, 1.82) is 0 Å². The Balaban J connectivity index is 2.57. The number of aliphatic hydroxyl groups excluding tert-OH is 1. The lowest BCUT2D eigenvalue weighted by molar-refractivity contribution is 0.295. The van der Waals surface area contributed by atoms with Crippen LogP contribution in [0.4, 0.5) is 0 Å². The highest BCUT2D eigenvalue weighted by Gasteiger charge is 2.15. The summed E-state index contributed by atoms with van der Waals surface area (Å²) in [6, 6.07) is 6.35. The van der Waals surface area contributed by atoms with Crippen molar-refractivity contribution < 1.29 is 5.11 Å². The van der Waals surface area contributed by atoms with Crippen LogP contribution in [0, 0.1) is 13.8 Å². The first-order valence-corrected chi connectivity index (χ1v) is 6.73. The van der Waals surface area contributed by atoms with Crippen LogP contribution in [0.3, 0.4) is 0 Å². The summed E-state index contributed by atoms with van der Waals surface area (Å²) in [5, 5.41) is 9.04. The SMILES string of the molecule is Cc1ccc(C)c(-c2nc(CCO)n(C)c2Br)c1. The summed E-state index contributed by atoms with van der Waals surface area (Å²) in [5.41, 5.74) is 4.51. The summed E-state index contributed by atoms with van der Waals surface area (Å²) in [7, 11) is 1.96. The maximum absolute atomic E-state index is 9.04. The van der Waals surface area contributed by atoms with Crippen LogP contribution in [-0.2, 0) is 13.5 Å². The van der Waals surface area contributed by atoms with Crippen molar-refractivity contribution in [2.45, 2.75) is 20.3 Å². The molecule has 0 fully saturated rings. The molecule has 4 heteroatoms. The summed E-state index contributed by atoms with van der Waals surface area (Å²) < 4.78 is 2.94. The van der Waals surface area contributed by atoms with Gasteiger partial charge in [0.2, 0.25) is 0 Å². The first-order chi connectivity index (χ1) is 8.54. The molecule has 0 spiro atoms. The van der Waals surface area contributed by atoms with Crippen LogP contribution in [0.25, 0.3) is 11.3 Å². The highest BCUT2D eigenvalue weighted by atomic mass is 79.9. The number of rotatable bonds is 3. The number of benzene rings is 1. The zero-order valence-corrected chi connectivity index (χ0v) is 12.5. The van der Waals surface area contributed by atoms with Crippen LogP contribution in [0.1, 0.15) is 17.0 Å². The van der Waals surface area contributed by atoms with Gasteiger partial charge in [-0.2, -0.15) is 0 Å². The van der Waals surface area contributed by atoms with Crippen molar-refractivity contribution in [2.24, 2.45) is 7.05 Å². The number of hydrogen-bond acceptors (Lipinski definition) is 2. The largest absolute Gasteiger partial charge is 0.396 e. The van der Waals surface area contributed by atoms with E-state index in [0.717, 1.165) is 21.7 Å². The molecule has 2 aromatic rings. The number of aromatic nitrogens is 2. The lowest BCUT2D eigenvalue weighted by atomic mass is 10.0. The molecular formula is C14H17BrN2O. The van der Waals surface area contributed by atoms with Gasteiger partial charge in [0.1, 0.15) is 16.1 Å². The Hall–Kier alpha value is -1.13. The Bertz CT molecular complexity index is 575. The zero-order chi connectivity index (χ0) is 13.3. The highest BCUT2D eigenvalue weighted by Crippen LogP contribution is 2.31. The smallest absolute Gasteiger partial charge is 0.112 e. The molecule has 1 heterocycles. The molecule has 96 valence electrons. The predicted octanol–water partition coefficient (Wildman–Crippen LogP) is 3.00. The van der Waals surface area contributed by atoms with E-state index in [1.165, 1.54) is 11.1 Å². The van der Waals surface area contributed by atoms with E-state index in [2.05, 4.69) is 53.0 Å². The van der Waals surface area contributed by atoms with Crippen molar-refractivity contribution in [1.82, 2.24) is 9.55 Å². The Kier molecular flexibility index (Phi) is 3.88.